The Balaban J connectivity index is 2.01. The van der Waals surface area contributed by atoms with Crippen LogP contribution in [0.25, 0.3) is 0 Å². The van der Waals surface area contributed by atoms with Crippen molar-refractivity contribution in [3.63, 3.8) is 0 Å². The topological polar surface area (TPSA) is 44.5 Å². The molecule has 0 aromatic heterocycles. The number of hydrogen-bond donors (Lipinski definition) is 1. The Morgan fingerprint density at radius 3 is 2.81 bits per heavy atom. The summed E-state index contributed by atoms with van der Waals surface area (Å²) in [7, 11) is 1.79. The van der Waals surface area contributed by atoms with Crippen molar-refractivity contribution in [3.8, 4) is 5.75 Å². The van der Waals surface area contributed by atoms with Crippen LogP contribution in [-0.4, -0.2) is 25.4 Å². The summed E-state index contributed by atoms with van der Waals surface area (Å²) in [4.78, 5) is 0. The lowest BCUT2D eigenvalue weighted by molar-refractivity contribution is 0.0209. The molecule has 2 N–H and O–H groups in total. The van der Waals surface area contributed by atoms with Crippen molar-refractivity contribution in [1.29, 1.82) is 0 Å². The molecule has 3 unspecified atom stereocenters. The highest BCUT2D eigenvalue weighted by atomic mass is 79.9. The molecule has 0 heterocycles. The van der Waals surface area contributed by atoms with Gasteiger partial charge in [0.15, 0.2) is 0 Å². The zero-order chi connectivity index (χ0) is 15.2. The van der Waals surface area contributed by atoms with Gasteiger partial charge < -0.3 is 15.2 Å². The van der Waals surface area contributed by atoms with Gasteiger partial charge in [0.1, 0.15) is 11.9 Å². The van der Waals surface area contributed by atoms with E-state index in [1.54, 1.807) is 7.11 Å². The van der Waals surface area contributed by atoms with E-state index in [2.05, 4.69) is 35.0 Å². The molecule has 2 rings (SSSR count). The number of methoxy groups -OCH3 is 1. The van der Waals surface area contributed by atoms with Crippen molar-refractivity contribution < 1.29 is 9.47 Å². The molecule has 4 heteroatoms. The number of halogens is 1. The molecule has 21 heavy (non-hydrogen) atoms. The van der Waals surface area contributed by atoms with Crippen LogP contribution in [0.4, 0.5) is 0 Å². The number of hydrogen-bond acceptors (Lipinski definition) is 3. The van der Waals surface area contributed by atoms with Crippen LogP contribution >= 0.6 is 15.9 Å². The molecule has 0 spiro atoms. The fraction of sp³-hybridized carbons (Fsp3) is 0.647. The minimum absolute atomic E-state index is 0.198. The monoisotopic (exact) mass is 355 g/mol. The summed E-state index contributed by atoms with van der Waals surface area (Å²) in [5, 5.41) is 0. The Morgan fingerprint density at radius 2 is 2.10 bits per heavy atom. The standard InChI is InChI=1S/C17H26BrNO2/c1-3-13(19)9-12-10-16(7-8-17(12)18)21-15-6-4-5-14(11-15)20-2/h7-8,10,13-15H,3-6,9,11,19H2,1-2H3. The molecule has 1 aromatic rings. The van der Waals surface area contributed by atoms with Crippen LogP contribution in [0, 0.1) is 0 Å². The third-order valence-corrected chi connectivity index (χ3v) is 5.01. The van der Waals surface area contributed by atoms with Gasteiger partial charge in [0.05, 0.1) is 6.10 Å². The normalized spacial score (nSPS) is 23.8. The van der Waals surface area contributed by atoms with Crippen LogP contribution in [-0.2, 0) is 11.2 Å². The average molecular weight is 356 g/mol. The molecule has 1 aliphatic carbocycles. The van der Waals surface area contributed by atoms with E-state index in [1.165, 1.54) is 12.0 Å². The predicted octanol–water partition coefficient (Wildman–Crippen LogP) is 4.07. The second kappa shape index (κ2) is 8.16. The van der Waals surface area contributed by atoms with E-state index in [1.807, 2.05) is 6.07 Å². The molecular formula is C17H26BrNO2. The van der Waals surface area contributed by atoms with Gasteiger partial charge in [-0.05, 0) is 55.9 Å². The van der Waals surface area contributed by atoms with Crippen molar-refractivity contribution in [3.05, 3.63) is 28.2 Å². The molecule has 0 amide bonds. The molecule has 1 fully saturated rings. The number of ether oxygens (including phenoxy) is 2. The van der Waals surface area contributed by atoms with Crippen LogP contribution < -0.4 is 10.5 Å². The van der Waals surface area contributed by atoms with Crippen LogP contribution in [0.2, 0.25) is 0 Å². The zero-order valence-electron chi connectivity index (χ0n) is 13.0. The van der Waals surface area contributed by atoms with Gasteiger partial charge in [0.2, 0.25) is 0 Å². The Kier molecular flexibility index (Phi) is 6.52. The quantitative estimate of drug-likeness (QED) is 0.836. The first-order valence-corrected chi connectivity index (χ1v) is 8.65. The van der Waals surface area contributed by atoms with Gasteiger partial charge >= 0.3 is 0 Å². The minimum Gasteiger partial charge on any atom is -0.490 e. The SMILES string of the molecule is CCC(N)Cc1cc(OC2CCCC(OC)C2)ccc1Br. The van der Waals surface area contributed by atoms with Crippen molar-refractivity contribution in [2.45, 2.75) is 63.7 Å². The molecule has 1 aromatic carbocycles. The van der Waals surface area contributed by atoms with Gasteiger partial charge in [-0.3, -0.25) is 0 Å². The fourth-order valence-electron chi connectivity index (χ4n) is 2.82. The summed E-state index contributed by atoms with van der Waals surface area (Å²) in [5.41, 5.74) is 7.29. The van der Waals surface area contributed by atoms with Crippen molar-refractivity contribution >= 4 is 15.9 Å². The van der Waals surface area contributed by atoms with Crippen LogP contribution in [0.1, 0.15) is 44.6 Å². The largest absolute Gasteiger partial charge is 0.490 e. The van der Waals surface area contributed by atoms with Crippen molar-refractivity contribution in [2.24, 2.45) is 5.73 Å². The highest BCUT2D eigenvalue weighted by molar-refractivity contribution is 9.10. The molecule has 118 valence electrons. The maximum Gasteiger partial charge on any atom is 0.120 e. The van der Waals surface area contributed by atoms with Gasteiger partial charge in [-0.15, -0.1) is 0 Å². The second-order valence-corrected chi connectivity index (χ2v) is 6.74. The molecule has 0 radical (unpaired) electrons. The summed E-state index contributed by atoms with van der Waals surface area (Å²) < 4.78 is 12.7. The Bertz CT molecular complexity index is 452. The highest BCUT2D eigenvalue weighted by Gasteiger charge is 2.23. The third kappa shape index (κ3) is 4.97. The Hall–Kier alpha value is -0.580. The van der Waals surface area contributed by atoms with Gasteiger partial charge in [-0.1, -0.05) is 22.9 Å². The van der Waals surface area contributed by atoms with Crippen molar-refractivity contribution in [1.82, 2.24) is 0 Å². The van der Waals surface area contributed by atoms with E-state index < -0.39 is 0 Å². The number of nitrogens with two attached hydrogens (primary N) is 1. The summed E-state index contributed by atoms with van der Waals surface area (Å²) >= 11 is 3.60. The molecule has 0 aliphatic heterocycles. The summed E-state index contributed by atoms with van der Waals surface area (Å²) in [5.74, 6) is 0.943. The molecule has 1 aliphatic rings. The molecule has 3 nitrogen and oxygen atoms in total. The van der Waals surface area contributed by atoms with E-state index in [4.69, 9.17) is 15.2 Å². The summed E-state index contributed by atoms with van der Waals surface area (Å²) in [6, 6.07) is 6.41. The minimum atomic E-state index is 0.198. The van der Waals surface area contributed by atoms with Gasteiger partial charge in [-0.2, -0.15) is 0 Å². The Labute approximate surface area is 136 Å². The van der Waals surface area contributed by atoms with Crippen molar-refractivity contribution in [2.75, 3.05) is 7.11 Å². The van der Waals surface area contributed by atoms with E-state index >= 15 is 0 Å². The van der Waals surface area contributed by atoms with Crippen LogP contribution in [0.3, 0.4) is 0 Å². The highest BCUT2D eigenvalue weighted by Crippen LogP contribution is 2.28. The maximum atomic E-state index is 6.16. The first-order chi connectivity index (χ1) is 10.1. The number of rotatable bonds is 6. The van der Waals surface area contributed by atoms with Gasteiger partial charge in [-0.25, -0.2) is 0 Å². The van der Waals surface area contributed by atoms with Gasteiger partial charge in [0, 0.05) is 24.0 Å². The zero-order valence-corrected chi connectivity index (χ0v) is 14.6. The molecule has 3 atom stereocenters. The van der Waals surface area contributed by atoms with E-state index in [0.717, 1.165) is 42.3 Å². The Morgan fingerprint density at radius 1 is 1.33 bits per heavy atom. The lowest BCUT2D eigenvalue weighted by Gasteiger charge is -2.29. The first-order valence-electron chi connectivity index (χ1n) is 7.85. The third-order valence-electron chi connectivity index (χ3n) is 4.24. The van der Waals surface area contributed by atoms with Crippen LogP contribution in [0.5, 0.6) is 5.75 Å². The molecule has 0 saturated heterocycles. The number of benzene rings is 1. The van der Waals surface area contributed by atoms with Gasteiger partial charge in [0.25, 0.3) is 0 Å². The first kappa shape index (κ1) is 16.8. The average Bonchev–Trinajstić information content (AvgIpc) is 2.50. The second-order valence-electron chi connectivity index (χ2n) is 5.89. The molecular weight excluding hydrogens is 330 g/mol. The maximum absolute atomic E-state index is 6.16. The molecule has 1 saturated carbocycles. The predicted molar refractivity (Wildman–Crippen MR) is 89.8 cm³/mol. The smallest absolute Gasteiger partial charge is 0.120 e. The fourth-order valence-corrected chi connectivity index (χ4v) is 3.23. The summed E-state index contributed by atoms with van der Waals surface area (Å²) in [6.07, 6.45) is 6.87. The van der Waals surface area contributed by atoms with E-state index in [-0.39, 0.29) is 12.1 Å². The molecule has 0 bridgehead atoms. The van der Waals surface area contributed by atoms with Crippen LogP contribution in [0.15, 0.2) is 22.7 Å². The lowest BCUT2D eigenvalue weighted by atomic mass is 9.95. The van der Waals surface area contributed by atoms with E-state index in [0.29, 0.717) is 6.10 Å². The summed E-state index contributed by atoms with van der Waals surface area (Å²) in [6.45, 7) is 2.12. The lowest BCUT2D eigenvalue weighted by Crippen LogP contribution is -2.29. The van der Waals surface area contributed by atoms with E-state index in [9.17, 15) is 0 Å².